The van der Waals surface area contributed by atoms with E-state index < -0.39 is 27.4 Å². The molecule has 2 N–H and O–H groups in total. The van der Waals surface area contributed by atoms with Crippen LogP contribution >= 0.6 is 0 Å². The van der Waals surface area contributed by atoms with Crippen molar-refractivity contribution in [1.29, 1.82) is 0 Å². The maximum Gasteiger partial charge on any atom is 0.328 e. The van der Waals surface area contributed by atoms with Gasteiger partial charge in [0.15, 0.2) is 0 Å². The summed E-state index contributed by atoms with van der Waals surface area (Å²) in [4.78, 5) is 39.8. The standard InChI is InChI=1S/C29H32N4O6S/c1-29(2,3)24-18-22(32-25(34)15-16-30-28(32)36)17-23(26(24)39-4)27(35)31-19-11-13-21(14-12-19)33(40(5,37)38)20-9-7-6-8-10-20/h6-14,17-18H,15-16H2,1-5H3,(H,30,36)(H,31,35). The Bertz CT molecular complexity index is 1530. The third kappa shape index (κ3) is 5.94. The lowest BCUT2D eigenvalue weighted by molar-refractivity contribution is -0.118. The molecule has 0 radical (unpaired) electrons. The number of hydrogen-bond donors (Lipinski definition) is 2. The van der Waals surface area contributed by atoms with Crippen molar-refractivity contribution in [3.63, 3.8) is 0 Å². The topological polar surface area (TPSA) is 125 Å². The van der Waals surface area contributed by atoms with Gasteiger partial charge in [0.05, 0.1) is 36.0 Å². The smallest absolute Gasteiger partial charge is 0.328 e. The first-order valence-corrected chi connectivity index (χ1v) is 14.5. The molecule has 0 bridgehead atoms. The molecule has 11 heteroatoms. The Kier molecular flexibility index (Phi) is 7.88. The van der Waals surface area contributed by atoms with Crippen LogP contribution in [-0.4, -0.2) is 46.2 Å². The Hall–Kier alpha value is -4.38. The number of nitrogens with one attached hydrogen (secondary N) is 2. The molecule has 0 aliphatic carbocycles. The highest BCUT2D eigenvalue weighted by Crippen LogP contribution is 2.39. The SMILES string of the molecule is COc1c(C(=O)Nc2ccc(N(c3ccccc3)S(C)(=O)=O)cc2)cc(N2C(=O)CCNC2=O)cc1C(C)(C)C. The first kappa shape index (κ1) is 28.6. The number of urea groups is 1. The van der Waals surface area contributed by atoms with Gasteiger partial charge in [-0.1, -0.05) is 39.0 Å². The molecule has 1 fully saturated rings. The predicted molar refractivity (Wildman–Crippen MR) is 155 cm³/mol. The molecule has 0 atom stereocenters. The first-order chi connectivity index (χ1) is 18.8. The molecule has 1 heterocycles. The van der Waals surface area contributed by atoms with Crippen molar-refractivity contribution in [2.24, 2.45) is 0 Å². The number of carbonyl (C=O) groups is 3. The van der Waals surface area contributed by atoms with E-state index in [9.17, 15) is 22.8 Å². The van der Waals surface area contributed by atoms with Crippen LogP contribution in [0.4, 0.5) is 27.5 Å². The average Bonchev–Trinajstić information content (AvgIpc) is 2.88. The van der Waals surface area contributed by atoms with Crippen LogP contribution < -0.4 is 24.6 Å². The molecule has 1 aliphatic rings. The number of nitrogens with zero attached hydrogens (tertiary/aromatic N) is 2. The van der Waals surface area contributed by atoms with Gasteiger partial charge in [-0.15, -0.1) is 0 Å². The molecule has 0 spiro atoms. The second-order valence-electron chi connectivity index (χ2n) is 10.4. The summed E-state index contributed by atoms with van der Waals surface area (Å²) in [6.07, 6.45) is 1.26. The summed E-state index contributed by atoms with van der Waals surface area (Å²) < 4.78 is 32.0. The summed E-state index contributed by atoms with van der Waals surface area (Å²) in [5.41, 5.74) is 1.85. The van der Waals surface area contributed by atoms with Crippen LogP contribution in [-0.2, 0) is 20.2 Å². The van der Waals surface area contributed by atoms with Gasteiger partial charge in [0.25, 0.3) is 5.91 Å². The molecule has 4 amide bonds. The van der Waals surface area contributed by atoms with Crippen molar-refractivity contribution in [3.05, 3.63) is 77.9 Å². The van der Waals surface area contributed by atoms with Crippen molar-refractivity contribution in [2.45, 2.75) is 32.6 Å². The highest BCUT2D eigenvalue weighted by atomic mass is 32.2. The van der Waals surface area contributed by atoms with Gasteiger partial charge < -0.3 is 15.4 Å². The molecule has 3 aromatic carbocycles. The fraction of sp³-hybridized carbons (Fsp3) is 0.276. The number of ether oxygens (including phenoxy) is 1. The molecule has 0 saturated carbocycles. The zero-order chi connectivity index (χ0) is 29.2. The Labute approximate surface area is 234 Å². The minimum atomic E-state index is -3.64. The normalized spacial score (nSPS) is 14.0. The monoisotopic (exact) mass is 564 g/mol. The lowest BCUT2D eigenvalue weighted by Crippen LogP contribution is -2.50. The molecule has 10 nitrogen and oxygen atoms in total. The van der Waals surface area contributed by atoms with E-state index in [0.29, 0.717) is 28.4 Å². The number of sulfonamides is 1. The number of anilines is 4. The van der Waals surface area contributed by atoms with Crippen molar-refractivity contribution in [2.75, 3.05) is 34.4 Å². The number of methoxy groups -OCH3 is 1. The first-order valence-electron chi connectivity index (χ1n) is 12.6. The molecule has 210 valence electrons. The quantitative estimate of drug-likeness (QED) is 0.425. The fourth-order valence-corrected chi connectivity index (χ4v) is 5.51. The second-order valence-corrected chi connectivity index (χ2v) is 12.2. The van der Waals surface area contributed by atoms with E-state index in [2.05, 4.69) is 10.6 Å². The van der Waals surface area contributed by atoms with E-state index >= 15 is 0 Å². The number of rotatable bonds is 7. The van der Waals surface area contributed by atoms with E-state index in [4.69, 9.17) is 4.74 Å². The number of amides is 4. The second kappa shape index (κ2) is 11.0. The zero-order valence-electron chi connectivity index (χ0n) is 23.0. The van der Waals surface area contributed by atoms with E-state index in [1.54, 1.807) is 60.7 Å². The number of carbonyl (C=O) groups excluding carboxylic acids is 3. The third-order valence-corrected chi connectivity index (χ3v) is 7.42. The summed E-state index contributed by atoms with van der Waals surface area (Å²) in [6, 6.07) is 17.6. The minimum absolute atomic E-state index is 0.141. The van der Waals surface area contributed by atoms with Gasteiger partial charge in [0.2, 0.25) is 15.9 Å². The summed E-state index contributed by atoms with van der Waals surface area (Å²) in [6.45, 7) is 6.06. The summed E-state index contributed by atoms with van der Waals surface area (Å²) in [5, 5.41) is 5.48. The van der Waals surface area contributed by atoms with Gasteiger partial charge in [-0.05, 0) is 53.9 Å². The van der Waals surface area contributed by atoms with E-state index in [0.717, 1.165) is 11.2 Å². The van der Waals surface area contributed by atoms with Gasteiger partial charge >= 0.3 is 6.03 Å². The van der Waals surface area contributed by atoms with Crippen LogP contribution in [0, 0.1) is 0 Å². The third-order valence-electron chi connectivity index (χ3n) is 6.34. The molecule has 40 heavy (non-hydrogen) atoms. The van der Waals surface area contributed by atoms with Crippen LogP contribution in [0.3, 0.4) is 0 Å². The zero-order valence-corrected chi connectivity index (χ0v) is 23.8. The molecule has 4 rings (SSSR count). The Morgan fingerprint density at radius 2 is 1.62 bits per heavy atom. The molecule has 0 aromatic heterocycles. The highest BCUT2D eigenvalue weighted by molar-refractivity contribution is 7.92. The van der Waals surface area contributed by atoms with Gasteiger partial charge in [0, 0.05) is 24.2 Å². The summed E-state index contributed by atoms with van der Waals surface area (Å²) >= 11 is 0. The minimum Gasteiger partial charge on any atom is -0.496 e. The lowest BCUT2D eigenvalue weighted by atomic mass is 9.84. The summed E-state index contributed by atoms with van der Waals surface area (Å²) in [7, 11) is -2.18. The van der Waals surface area contributed by atoms with Crippen LogP contribution in [0.25, 0.3) is 0 Å². The predicted octanol–water partition coefficient (Wildman–Crippen LogP) is 4.79. The maximum atomic E-state index is 13.6. The van der Waals surface area contributed by atoms with Crippen LogP contribution in [0.2, 0.25) is 0 Å². The van der Waals surface area contributed by atoms with Crippen LogP contribution in [0.5, 0.6) is 5.75 Å². The van der Waals surface area contributed by atoms with Gasteiger partial charge in [0.1, 0.15) is 5.75 Å². The molecule has 0 unspecified atom stereocenters. The van der Waals surface area contributed by atoms with E-state index in [1.807, 2.05) is 20.8 Å². The van der Waals surface area contributed by atoms with Gasteiger partial charge in [-0.2, -0.15) is 0 Å². The van der Waals surface area contributed by atoms with Gasteiger partial charge in [-0.3, -0.25) is 9.59 Å². The Morgan fingerprint density at radius 3 is 2.17 bits per heavy atom. The number of hydrogen-bond acceptors (Lipinski definition) is 6. The molecular weight excluding hydrogens is 532 g/mol. The van der Waals surface area contributed by atoms with E-state index in [1.165, 1.54) is 17.5 Å². The molecule has 1 aliphatic heterocycles. The molecule has 1 saturated heterocycles. The molecule has 3 aromatic rings. The number of benzene rings is 3. The Balaban J connectivity index is 1.71. The van der Waals surface area contributed by atoms with Crippen LogP contribution in [0.15, 0.2) is 66.7 Å². The average molecular weight is 565 g/mol. The van der Waals surface area contributed by atoms with Crippen molar-refractivity contribution in [3.8, 4) is 5.75 Å². The summed E-state index contributed by atoms with van der Waals surface area (Å²) in [5.74, 6) is -0.572. The fourth-order valence-electron chi connectivity index (χ4n) is 4.50. The number of para-hydroxylation sites is 1. The van der Waals surface area contributed by atoms with Gasteiger partial charge in [-0.25, -0.2) is 22.4 Å². The van der Waals surface area contributed by atoms with Crippen molar-refractivity contribution >= 4 is 50.6 Å². The van der Waals surface area contributed by atoms with Crippen molar-refractivity contribution < 1.29 is 27.5 Å². The van der Waals surface area contributed by atoms with E-state index in [-0.39, 0.29) is 30.1 Å². The highest BCUT2D eigenvalue weighted by Gasteiger charge is 2.32. The van der Waals surface area contributed by atoms with Crippen molar-refractivity contribution in [1.82, 2.24) is 5.32 Å². The lowest BCUT2D eigenvalue weighted by Gasteiger charge is -2.30. The van der Waals surface area contributed by atoms with Crippen LogP contribution in [0.1, 0.15) is 43.1 Å². The molecular formula is C29H32N4O6S. The Morgan fingerprint density at radius 1 is 1.00 bits per heavy atom. The maximum absolute atomic E-state index is 13.6. The number of imide groups is 1. The largest absolute Gasteiger partial charge is 0.496 e.